The number of allylic oxidation sites excluding steroid dienone is 2. The van der Waals surface area contributed by atoms with E-state index in [2.05, 4.69) is 0 Å². The van der Waals surface area contributed by atoms with Gasteiger partial charge in [0.1, 0.15) is 0 Å². The lowest BCUT2D eigenvalue weighted by Crippen LogP contribution is -1.99. The molecule has 0 fully saturated rings. The largest absolute Gasteiger partial charge is 0.463 e. The van der Waals surface area contributed by atoms with Crippen LogP contribution < -0.4 is 0 Å². The first-order chi connectivity index (χ1) is 9.22. The Morgan fingerprint density at radius 2 is 1.95 bits per heavy atom. The molecular weight excluding hydrogens is 240 g/mol. The highest BCUT2D eigenvalue weighted by Crippen LogP contribution is 2.01. The van der Waals surface area contributed by atoms with Gasteiger partial charge in [-0.15, -0.1) is 0 Å². The van der Waals surface area contributed by atoms with E-state index in [9.17, 15) is 4.79 Å². The summed E-state index contributed by atoms with van der Waals surface area (Å²) >= 11 is 0. The Morgan fingerprint density at radius 1 is 1.21 bits per heavy atom. The minimum Gasteiger partial charge on any atom is -0.463 e. The van der Waals surface area contributed by atoms with Crippen molar-refractivity contribution in [3.05, 3.63) is 59.7 Å². The number of benzene rings is 1. The van der Waals surface area contributed by atoms with E-state index in [1.165, 1.54) is 6.08 Å². The molecule has 19 heavy (non-hydrogen) atoms. The van der Waals surface area contributed by atoms with Crippen molar-refractivity contribution in [2.45, 2.75) is 20.5 Å². The third kappa shape index (κ3) is 7.21. The molecule has 1 aromatic rings. The summed E-state index contributed by atoms with van der Waals surface area (Å²) in [4.78, 5) is 11.1. The molecule has 0 radical (unpaired) electrons. The molecule has 0 saturated heterocycles. The van der Waals surface area contributed by atoms with Crippen molar-refractivity contribution in [2.75, 3.05) is 13.2 Å². The van der Waals surface area contributed by atoms with Crippen LogP contribution in [0.5, 0.6) is 0 Å². The van der Waals surface area contributed by atoms with Gasteiger partial charge >= 0.3 is 5.97 Å². The number of esters is 1. The number of rotatable bonds is 7. The zero-order valence-corrected chi connectivity index (χ0v) is 11.5. The van der Waals surface area contributed by atoms with Crippen LogP contribution in [-0.2, 0) is 20.9 Å². The van der Waals surface area contributed by atoms with Gasteiger partial charge in [0.25, 0.3) is 0 Å². The fraction of sp³-hybridized carbons (Fsp3) is 0.312. The van der Waals surface area contributed by atoms with Gasteiger partial charge in [0.15, 0.2) is 0 Å². The molecule has 0 aliphatic carbocycles. The fourth-order valence-corrected chi connectivity index (χ4v) is 1.40. The lowest BCUT2D eigenvalue weighted by molar-refractivity contribution is -0.137. The van der Waals surface area contributed by atoms with E-state index >= 15 is 0 Å². The van der Waals surface area contributed by atoms with Gasteiger partial charge in [-0.05, 0) is 19.4 Å². The Hall–Kier alpha value is -1.87. The second kappa shape index (κ2) is 9.11. The Balaban J connectivity index is 2.26. The maximum absolute atomic E-state index is 11.1. The average molecular weight is 260 g/mol. The molecule has 0 bridgehead atoms. The quantitative estimate of drug-likeness (QED) is 0.327. The highest BCUT2D eigenvalue weighted by molar-refractivity contribution is 5.82. The summed E-state index contributed by atoms with van der Waals surface area (Å²) in [5, 5.41) is 0. The van der Waals surface area contributed by atoms with Crippen LogP contribution in [0.2, 0.25) is 0 Å². The van der Waals surface area contributed by atoms with E-state index in [1.54, 1.807) is 13.0 Å². The van der Waals surface area contributed by atoms with Gasteiger partial charge in [-0.3, -0.25) is 0 Å². The van der Waals surface area contributed by atoms with Crippen LogP contribution in [0.25, 0.3) is 0 Å². The van der Waals surface area contributed by atoms with E-state index in [0.717, 1.165) is 11.1 Å². The molecule has 102 valence electrons. The van der Waals surface area contributed by atoms with Crippen LogP contribution >= 0.6 is 0 Å². The molecule has 1 rings (SSSR count). The van der Waals surface area contributed by atoms with Crippen LogP contribution in [0.15, 0.2) is 54.1 Å². The van der Waals surface area contributed by atoms with E-state index in [4.69, 9.17) is 9.47 Å². The molecule has 0 amide bonds. The second-order valence-corrected chi connectivity index (χ2v) is 4.03. The molecule has 0 aromatic heterocycles. The van der Waals surface area contributed by atoms with E-state index < -0.39 is 0 Å². The van der Waals surface area contributed by atoms with Crippen molar-refractivity contribution >= 4 is 5.97 Å². The Labute approximate surface area is 114 Å². The van der Waals surface area contributed by atoms with Crippen molar-refractivity contribution in [3.8, 4) is 0 Å². The van der Waals surface area contributed by atoms with Gasteiger partial charge in [0.2, 0.25) is 0 Å². The molecule has 3 nitrogen and oxygen atoms in total. The van der Waals surface area contributed by atoms with E-state index in [0.29, 0.717) is 19.8 Å². The molecule has 0 aliphatic rings. The highest BCUT2D eigenvalue weighted by Gasteiger charge is 1.93. The number of carbonyl (C=O) groups is 1. The van der Waals surface area contributed by atoms with Crippen molar-refractivity contribution in [1.29, 1.82) is 0 Å². The number of hydrogen-bond donors (Lipinski definition) is 0. The van der Waals surface area contributed by atoms with E-state index in [-0.39, 0.29) is 5.97 Å². The van der Waals surface area contributed by atoms with Crippen molar-refractivity contribution in [3.63, 3.8) is 0 Å². The summed E-state index contributed by atoms with van der Waals surface area (Å²) in [6.07, 6.45) is 5.08. The third-order valence-corrected chi connectivity index (χ3v) is 2.40. The predicted molar refractivity (Wildman–Crippen MR) is 75.6 cm³/mol. The summed E-state index contributed by atoms with van der Waals surface area (Å²) in [5.41, 5.74) is 2.12. The molecule has 0 unspecified atom stereocenters. The van der Waals surface area contributed by atoms with Crippen LogP contribution in [0.4, 0.5) is 0 Å². The van der Waals surface area contributed by atoms with Gasteiger partial charge < -0.3 is 9.47 Å². The first-order valence-electron chi connectivity index (χ1n) is 6.35. The van der Waals surface area contributed by atoms with Gasteiger partial charge in [-0.1, -0.05) is 48.1 Å². The summed E-state index contributed by atoms with van der Waals surface area (Å²) in [6.45, 7) is 5.21. The number of hydrogen-bond acceptors (Lipinski definition) is 3. The van der Waals surface area contributed by atoms with Gasteiger partial charge in [0.05, 0.1) is 19.8 Å². The minimum atomic E-state index is -0.319. The average Bonchev–Trinajstić information content (AvgIpc) is 2.43. The third-order valence-electron chi connectivity index (χ3n) is 2.40. The van der Waals surface area contributed by atoms with Crippen molar-refractivity contribution in [1.82, 2.24) is 0 Å². The Morgan fingerprint density at radius 3 is 2.63 bits per heavy atom. The monoisotopic (exact) mass is 260 g/mol. The van der Waals surface area contributed by atoms with Crippen LogP contribution in [0.3, 0.4) is 0 Å². The summed E-state index contributed by atoms with van der Waals surface area (Å²) < 4.78 is 10.3. The van der Waals surface area contributed by atoms with Crippen LogP contribution in [-0.4, -0.2) is 19.2 Å². The molecule has 0 N–H and O–H groups in total. The zero-order chi connectivity index (χ0) is 13.9. The summed E-state index contributed by atoms with van der Waals surface area (Å²) in [7, 11) is 0. The molecule has 0 aliphatic heterocycles. The Bertz CT molecular complexity index is 433. The lowest BCUT2D eigenvalue weighted by Gasteiger charge is -2.01. The fourth-order valence-electron chi connectivity index (χ4n) is 1.40. The molecule has 0 saturated carbocycles. The second-order valence-electron chi connectivity index (χ2n) is 4.03. The summed E-state index contributed by atoms with van der Waals surface area (Å²) in [5.74, 6) is -0.319. The maximum atomic E-state index is 11.1. The maximum Gasteiger partial charge on any atom is 0.330 e. The SMILES string of the molecule is CCOC(=O)/C=C/C(C)=C/COCc1ccccc1. The van der Waals surface area contributed by atoms with E-state index in [1.807, 2.05) is 43.3 Å². The van der Waals surface area contributed by atoms with Gasteiger partial charge in [0, 0.05) is 6.08 Å². The van der Waals surface area contributed by atoms with Gasteiger partial charge in [-0.25, -0.2) is 4.79 Å². The van der Waals surface area contributed by atoms with Gasteiger partial charge in [-0.2, -0.15) is 0 Å². The molecule has 0 atom stereocenters. The topological polar surface area (TPSA) is 35.5 Å². The normalized spacial score (nSPS) is 11.8. The number of ether oxygens (including phenoxy) is 2. The zero-order valence-electron chi connectivity index (χ0n) is 11.5. The number of carbonyl (C=O) groups excluding carboxylic acids is 1. The highest BCUT2D eigenvalue weighted by atomic mass is 16.5. The first kappa shape index (κ1) is 15.2. The molecule has 0 heterocycles. The van der Waals surface area contributed by atoms with Crippen LogP contribution in [0.1, 0.15) is 19.4 Å². The molecular formula is C16H20O3. The smallest absolute Gasteiger partial charge is 0.330 e. The molecule has 1 aromatic carbocycles. The summed E-state index contributed by atoms with van der Waals surface area (Å²) in [6, 6.07) is 10.0. The molecule has 3 heteroatoms. The standard InChI is InChI=1S/C16H20O3/c1-3-19-16(17)10-9-14(2)11-12-18-13-15-7-5-4-6-8-15/h4-11H,3,12-13H2,1-2H3/b10-9+,14-11+. The first-order valence-corrected chi connectivity index (χ1v) is 6.35. The van der Waals surface area contributed by atoms with Crippen LogP contribution in [0, 0.1) is 0 Å². The van der Waals surface area contributed by atoms with Crippen molar-refractivity contribution in [2.24, 2.45) is 0 Å². The predicted octanol–water partition coefficient (Wildman–Crippen LogP) is 3.27. The van der Waals surface area contributed by atoms with Crippen molar-refractivity contribution < 1.29 is 14.3 Å². The lowest BCUT2D eigenvalue weighted by atomic mass is 10.2. The minimum absolute atomic E-state index is 0.319. The molecule has 0 spiro atoms. The Kier molecular flexibility index (Phi) is 7.28.